The number of anilines is 1. The molecule has 0 aliphatic carbocycles. The SMILES string of the molecule is CN(C)c1ccc(/C=C/c2ccc(C(C)(C)c3ccc(/C=C/c4ccc([N+](=O)[O-])cc4)s3)s2)cc1. The summed E-state index contributed by atoms with van der Waals surface area (Å²) >= 11 is 3.60. The van der Waals surface area contributed by atoms with Gasteiger partial charge in [-0.25, -0.2) is 0 Å². The Hall–Kier alpha value is -3.48. The van der Waals surface area contributed by atoms with Crippen LogP contribution >= 0.6 is 22.7 Å². The van der Waals surface area contributed by atoms with Gasteiger partial charge in [0, 0.05) is 56.8 Å². The van der Waals surface area contributed by atoms with Crippen molar-refractivity contribution >= 4 is 58.4 Å². The van der Waals surface area contributed by atoms with E-state index in [-0.39, 0.29) is 16.0 Å². The molecule has 0 saturated heterocycles. The van der Waals surface area contributed by atoms with Crippen LogP contribution in [0.25, 0.3) is 24.3 Å². The number of nitro benzene ring substituents is 1. The molecule has 0 aliphatic heterocycles. The molecule has 35 heavy (non-hydrogen) atoms. The minimum atomic E-state index is -0.380. The van der Waals surface area contributed by atoms with E-state index in [1.165, 1.54) is 38.0 Å². The Morgan fingerprint density at radius 3 is 1.60 bits per heavy atom. The average molecular weight is 501 g/mol. The summed E-state index contributed by atoms with van der Waals surface area (Å²) in [4.78, 5) is 17.6. The molecular weight excluding hydrogens is 472 g/mol. The van der Waals surface area contributed by atoms with Crippen LogP contribution in [0, 0.1) is 10.1 Å². The molecule has 0 bridgehead atoms. The quantitative estimate of drug-likeness (QED) is 0.180. The van der Waals surface area contributed by atoms with E-state index in [4.69, 9.17) is 0 Å². The number of thiophene rings is 2. The Morgan fingerprint density at radius 2 is 1.17 bits per heavy atom. The van der Waals surface area contributed by atoms with Gasteiger partial charge in [0.25, 0.3) is 5.69 Å². The second kappa shape index (κ2) is 10.4. The van der Waals surface area contributed by atoms with Gasteiger partial charge in [-0.05, 0) is 71.8 Å². The van der Waals surface area contributed by atoms with Gasteiger partial charge in [-0.1, -0.05) is 38.1 Å². The largest absolute Gasteiger partial charge is 0.378 e. The predicted octanol–water partition coefficient (Wildman–Crippen LogP) is 8.45. The highest BCUT2D eigenvalue weighted by molar-refractivity contribution is 7.14. The van der Waals surface area contributed by atoms with Gasteiger partial charge in [-0.15, -0.1) is 22.7 Å². The first kappa shape index (κ1) is 24.6. The maximum absolute atomic E-state index is 10.8. The number of hydrogen-bond donors (Lipinski definition) is 0. The Morgan fingerprint density at radius 1 is 0.714 bits per heavy atom. The zero-order chi connectivity index (χ0) is 25.0. The molecule has 0 unspecified atom stereocenters. The third-order valence-corrected chi connectivity index (χ3v) is 8.63. The van der Waals surface area contributed by atoms with Gasteiger partial charge in [-0.2, -0.15) is 0 Å². The molecule has 0 N–H and O–H groups in total. The maximum atomic E-state index is 10.8. The lowest BCUT2D eigenvalue weighted by molar-refractivity contribution is -0.384. The van der Waals surface area contributed by atoms with Crippen molar-refractivity contribution in [2.45, 2.75) is 19.3 Å². The Kier molecular flexibility index (Phi) is 7.34. The van der Waals surface area contributed by atoms with Crippen molar-refractivity contribution in [2.75, 3.05) is 19.0 Å². The van der Waals surface area contributed by atoms with Crippen molar-refractivity contribution in [1.82, 2.24) is 0 Å². The van der Waals surface area contributed by atoms with E-state index in [2.05, 4.69) is 85.5 Å². The standard InChI is InChI=1S/C29H28N2O2S2/c1-29(2,27-19-17-25(34-27)15-9-21-5-11-23(12-6-21)30(3)4)28-20-18-26(35-28)16-10-22-7-13-24(14-8-22)31(32)33/h5-20H,1-4H3/b15-9+,16-10+. The van der Waals surface area contributed by atoms with Crippen LogP contribution in [0.5, 0.6) is 0 Å². The minimum Gasteiger partial charge on any atom is -0.378 e. The fraction of sp³-hybridized carbons (Fsp3) is 0.172. The summed E-state index contributed by atoms with van der Waals surface area (Å²) < 4.78 is 0. The van der Waals surface area contributed by atoms with Crippen LogP contribution in [0.1, 0.15) is 44.5 Å². The molecule has 0 atom stereocenters. The van der Waals surface area contributed by atoms with Crippen molar-refractivity contribution in [3.05, 3.63) is 114 Å². The summed E-state index contributed by atoms with van der Waals surface area (Å²) in [5.41, 5.74) is 3.34. The lowest BCUT2D eigenvalue weighted by Crippen LogP contribution is -2.15. The van der Waals surface area contributed by atoms with Crippen LogP contribution in [-0.4, -0.2) is 19.0 Å². The minimum absolute atomic E-state index is 0.0891. The van der Waals surface area contributed by atoms with Crippen molar-refractivity contribution in [3.63, 3.8) is 0 Å². The van der Waals surface area contributed by atoms with E-state index < -0.39 is 0 Å². The first-order chi connectivity index (χ1) is 16.7. The molecule has 4 aromatic rings. The summed E-state index contributed by atoms with van der Waals surface area (Å²) in [5.74, 6) is 0. The molecule has 0 aliphatic rings. The maximum Gasteiger partial charge on any atom is 0.269 e. The van der Waals surface area contributed by atoms with Crippen LogP contribution in [0.3, 0.4) is 0 Å². The number of hydrogen-bond acceptors (Lipinski definition) is 5. The van der Waals surface area contributed by atoms with E-state index in [9.17, 15) is 10.1 Å². The van der Waals surface area contributed by atoms with E-state index in [1.807, 2.05) is 31.5 Å². The fourth-order valence-corrected chi connectivity index (χ4v) is 5.74. The lowest BCUT2D eigenvalue weighted by Gasteiger charge is -2.21. The van der Waals surface area contributed by atoms with Crippen molar-refractivity contribution in [3.8, 4) is 0 Å². The predicted molar refractivity (Wildman–Crippen MR) is 152 cm³/mol. The van der Waals surface area contributed by atoms with Gasteiger partial charge < -0.3 is 4.90 Å². The molecule has 0 radical (unpaired) electrons. The van der Waals surface area contributed by atoms with Gasteiger partial charge in [0.1, 0.15) is 0 Å². The highest BCUT2D eigenvalue weighted by atomic mass is 32.1. The van der Waals surface area contributed by atoms with E-state index in [0.29, 0.717) is 0 Å². The van der Waals surface area contributed by atoms with Crippen molar-refractivity contribution in [1.29, 1.82) is 0 Å². The number of nitrogens with zero attached hydrogens (tertiary/aromatic N) is 2. The third-order valence-electron chi connectivity index (χ3n) is 5.88. The monoisotopic (exact) mass is 500 g/mol. The van der Waals surface area contributed by atoms with Crippen LogP contribution in [-0.2, 0) is 5.41 Å². The van der Waals surface area contributed by atoms with Crippen LogP contribution in [0.15, 0.2) is 72.8 Å². The normalized spacial score (nSPS) is 12.0. The van der Waals surface area contributed by atoms with Gasteiger partial charge in [-0.3, -0.25) is 10.1 Å². The summed E-state index contributed by atoms with van der Waals surface area (Å²) in [7, 11) is 4.09. The first-order valence-electron chi connectivity index (χ1n) is 11.3. The number of rotatable bonds is 8. The Balaban J connectivity index is 1.45. The zero-order valence-corrected chi connectivity index (χ0v) is 21.9. The lowest BCUT2D eigenvalue weighted by atomic mass is 9.90. The fourth-order valence-electron chi connectivity index (χ4n) is 3.63. The Bertz CT molecular complexity index is 1360. The van der Waals surface area contributed by atoms with Gasteiger partial charge >= 0.3 is 0 Å². The van der Waals surface area contributed by atoms with Gasteiger partial charge in [0.05, 0.1) is 4.92 Å². The molecule has 2 heterocycles. The van der Waals surface area contributed by atoms with Crippen molar-refractivity contribution in [2.24, 2.45) is 0 Å². The molecule has 6 heteroatoms. The van der Waals surface area contributed by atoms with Crippen molar-refractivity contribution < 1.29 is 4.92 Å². The molecule has 178 valence electrons. The summed E-state index contributed by atoms with van der Waals surface area (Å²) in [5, 5.41) is 10.8. The summed E-state index contributed by atoms with van der Waals surface area (Å²) in [6.45, 7) is 4.53. The Labute approximate surface area is 214 Å². The zero-order valence-electron chi connectivity index (χ0n) is 20.3. The molecular formula is C29H28N2O2S2. The summed E-state index contributed by atoms with van der Waals surface area (Å²) in [6, 6.07) is 23.9. The average Bonchev–Trinajstić information content (AvgIpc) is 3.53. The third kappa shape index (κ3) is 5.96. The molecule has 0 amide bonds. The molecule has 4 rings (SSSR count). The van der Waals surface area contributed by atoms with Gasteiger partial charge in [0.2, 0.25) is 0 Å². The second-order valence-corrected chi connectivity index (χ2v) is 11.3. The van der Waals surface area contributed by atoms with E-state index >= 15 is 0 Å². The van der Waals surface area contributed by atoms with Crippen LogP contribution < -0.4 is 4.90 Å². The van der Waals surface area contributed by atoms with Gasteiger partial charge in [0.15, 0.2) is 0 Å². The number of non-ortho nitro benzene ring substituents is 1. The smallest absolute Gasteiger partial charge is 0.269 e. The topological polar surface area (TPSA) is 46.4 Å². The molecule has 0 saturated carbocycles. The highest BCUT2D eigenvalue weighted by Crippen LogP contribution is 2.40. The molecule has 0 spiro atoms. The van der Waals surface area contributed by atoms with Crippen LogP contribution in [0.4, 0.5) is 11.4 Å². The van der Waals surface area contributed by atoms with Crippen LogP contribution in [0.2, 0.25) is 0 Å². The molecule has 2 aromatic heterocycles. The number of nitro groups is 1. The second-order valence-electron chi connectivity index (χ2n) is 9.03. The summed E-state index contributed by atoms with van der Waals surface area (Å²) in [6.07, 6.45) is 8.40. The first-order valence-corrected chi connectivity index (χ1v) is 12.9. The van der Waals surface area contributed by atoms with E-state index in [0.717, 1.165) is 10.4 Å². The highest BCUT2D eigenvalue weighted by Gasteiger charge is 2.26. The molecule has 0 fully saturated rings. The molecule has 4 nitrogen and oxygen atoms in total. The molecule has 2 aromatic carbocycles. The van der Waals surface area contributed by atoms with E-state index in [1.54, 1.807) is 23.5 Å². The number of benzene rings is 2.